The first kappa shape index (κ1) is 8.14. The SMILES string of the molecule is NC[C@H](F)c1ccc(F)cc1. The van der Waals surface area contributed by atoms with Gasteiger partial charge in [-0.15, -0.1) is 0 Å². The largest absolute Gasteiger partial charge is 0.327 e. The van der Waals surface area contributed by atoms with Crippen LogP contribution in [-0.2, 0) is 0 Å². The summed E-state index contributed by atoms with van der Waals surface area (Å²) in [6, 6.07) is 5.23. The summed E-state index contributed by atoms with van der Waals surface area (Å²) < 4.78 is 25.0. The van der Waals surface area contributed by atoms with E-state index in [0.717, 1.165) is 0 Å². The molecule has 1 nitrogen and oxygen atoms in total. The van der Waals surface area contributed by atoms with Gasteiger partial charge < -0.3 is 5.73 Å². The van der Waals surface area contributed by atoms with Crippen LogP contribution in [-0.4, -0.2) is 6.54 Å². The van der Waals surface area contributed by atoms with Crippen molar-refractivity contribution in [3.8, 4) is 0 Å². The van der Waals surface area contributed by atoms with Crippen LogP contribution in [0.1, 0.15) is 11.7 Å². The van der Waals surface area contributed by atoms with Crippen molar-refractivity contribution < 1.29 is 8.78 Å². The van der Waals surface area contributed by atoms with E-state index in [0.29, 0.717) is 5.56 Å². The summed E-state index contributed by atoms with van der Waals surface area (Å²) in [5.74, 6) is -0.363. The fourth-order valence-electron chi connectivity index (χ4n) is 0.808. The Morgan fingerprint density at radius 3 is 2.27 bits per heavy atom. The second-order valence-electron chi connectivity index (χ2n) is 2.25. The lowest BCUT2D eigenvalue weighted by atomic mass is 10.1. The highest BCUT2D eigenvalue weighted by atomic mass is 19.1. The highest BCUT2D eigenvalue weighted by Crippen LogP contribution is 2.15. The van der Waals surface area contributed by atoms with Gasteiger partial charge in [0.15, 0.2) is 0 Å². The molecule has 1 atom stereocenters. The summed E-state index contributed by atoms with van der Waals surface area (Å²) in [4.78, 5) is 0. The Morgan fingerprint density at radius 1 is 1.27 bits per heavy atom. The van der Waals surface area contributed by atoms with Gasteiger partial charge in [0, 0.05) is 6.54 Å². The van der Waals surface area contributed by atoms with Crippen molar-refractivity contribution in [2.45, 2.75) is 6.17 Å². The smallest absolute Gasteiger partial charge is 0.137 e. The lowest BCUT2D eigenvalue weighted by molar-refractivity contribution is 0.352. The quantitative estimate of drug-likeness (QED) is 0.695. The second-order valence-corrected chi connectivity index (χ2v) is 2.25. The van der Waals surface area contributed by atoms with Crippen LogP contribution >= 0.6 is 0 Å². The summed E-state index contributed by atoms with van der Waals surface area (Å²) in [7, 11) is 0. The van der Waals surface area contributed by atoms with Gasteiger partial charge in [0.25, 0.3) is 0 Å². The number of nitrogens with two attached hydrogens (primary N) is 1. The summed E-state index contributed by atoms with van der Waals surface area (Å²) in [5, 5.41) is 0. The van der Waals surface area contributed by atoms with Crippen molar-refractivity contribution in [1.82, 2.24) is 0 Å². The zero-order valence-corrected chi connectivity index (χ0v) is 5.93. The Morgan fingerprint density at radius 2 is 1.82 bits per heavy atom. The van der Waals surface area contributed by atoms with Gasteiger partial charge in [-0.05, 0) is 17.7 Å². The molecule has 3 heteroatoms. The van der Waals surface area contributed by atoms with Gasteiger partial charge >= 0.3 is 0 Å². The van der Waals surface area contributed by atoms with Gasteiger partial charge in [0.05, 0.1) is 0 Å². The van der Waals surface area contributed by atoms with Gasteiger partial charge in [0.1, 0.15) is 12.0 Å². The predicted molar refractivity (Wildman–Crippen MR) is 39.3 cm³/mol. The third kappa shape index (κ3) is 1.98. The minimum atomic E-state index is -1.18. The lowest BCUT2D eigenvalue weighted by Crippen LogP contribution is -2.07. The van der Waals surface area contributed by atoms with E-state index < -0.39 is 6.17 Å². The molecule has 1 aromatic carbocycles. The first-order valence-corrected chi connectivity index (χ1v) is 3.33. The molecule has 0 spiro atoms. The normalized spacial score (nSPS) is 13.0. The highest BCUT2D eigenvalue weighted by molar-refractivity contribution is 5.18. The number of hydrogen-bond acceptors (Lipinski definition) is 1. The molecule has 2 N–H and O–H groups in total. The molecule has 0 aliphatic carbocycles. The first-order valence-electron chi connectivity index (χ1n) is 3.33. The van der Waals surface area contributed by atoms with E-state index in [1.54, 1.807) is 0 Å². The molecule has 1 rings (SSSR count). The molecule has 0 saturated carbocycles. The van der Waals surface area contributed by atoms with E-state index in [1.165, 1.54) is 24.3 Å². The number of alkyl halides is 1. The fourth-order valence-corrected chi connectivity index (χ4v) is 0.808. The van der Waals surface area contributed by atoms with Crippen LogP contribution in [0.4, 0.5) is 8.78 Å². The Hall–Kier alpha value is -0.960. The van der Waals surface area contributed by atoms with Gasteiger partial charge in [-0.3, -0.25) is 0 Å². The zero-order chi connectivity index (χ0) is 8.27. The Balaban J connectivity index is 2.81. The van der Waals surface area contributed by atoms with Gasteiger partial charge in [0.2, 0.25) is 0 Å². The third-order valence-corrected chi connectivity index (χ3v) is 1.44. The third-order valence-electron chi connectivity index (χ3n) is 1.44. The predicted octanol–water partition coefficient (Wildman–Crippen LogP) is 1.79. The molecule has 0 amide bonds. The van der Waals surface area contributed by atoms with E-state index in [2.05, 4.69) is 0 Å². The van der Waals surface area contributed by atoms with Gasteiger partial charge in [-0.1, -0.05) is 12.1 Å². The molecule has 0 aromatic heterocycles. The van der Waals surface area contributed by atoms with Crippen LogP contribution in [0.5, 0.6) is 0 Å². The molecule has 0 aliphatic heterocycles. The minimum Gasteiger partial charge on any atom is -0.327 e. The number of rotatable bonds is 2. The molecule has 0 aliphatic rings. The van der Waals surface area contributed by atoms with Crippen molar-refractivity contribution >= 4 is 0 Å². The monoisotopic (exact) mass is 157 g/mol. The molecule has 60 valence electrons. The van der Waals surface area contributed by atoms with Crippen molar-refractivity contribution in [1.29, 1.82) is 0 Å². The zero-order valence-electron chi connectivity index (χ0n) is 5.93. The number of halogens is 2. The maximum absolute atomic E-state index is 12.7. The van der Waals surface area contributed by atoms with Gasteiger partial charge in [-0.25, -0.2) is 8.78 Å². The van der Waals surface area contributed by atoms with Crippen molar-refractivity contribution in [3.63, 3.8) is 0 Å². The van der Waals surface area contributed by atoms with Crippen LogP contribution in [0.2, 0.25) is 0 Å². The Kier molecular flexibility index (Phi) is 2.54. The standard InChI is InChI=1S/C8H9F2N/c9-7-3-1-6(2-4-7)8(10)5-11/h1-4,8H,5,11H2/t8-/m0/s1. The summed E-state index contributed by atoms with van der Waals surface area (Å²) >= 11 is 0. The van der Waals surface area contributed by atoms with Gasteiger partial charge in [-0.2, -0.15) is 0 Å². The second kappa shape index (κ2) is 3.44. The van der Waals surface area contributed by atoms with Crippen LogP contribution in [0.15, 0.2) is 24.3 Å². The Bertz CT molecular complexity index is 220. The van der Waals surface area contributed by atoms with Crippen LogP contribution in [0.25, 0.3) is 0 Å². The van der Waals surface area contributed by atoms with Crippen molar-refractivity contribution in [2.75, 3.05) is 6.54 Å². The molecule has 0 bridgehead atoms. The summed E-state index contributed by atoms with van der Waals surface area (Å²) in [6.07, 6.45) is -1.18. The number of hydrogen-bond donors (Lipinski definition) is 1. The van der Waals surface area contributed by atoms with E-state index in [-0.39, 0.29) is 12.4 Å². The molecular weight excluding hydrogens is 148 g/mol. The average Bonchev–Trinajstić information content (AvgIpc) is 2.05. The van der Waals surface area contributed by atoms with Crippen LogP contribution in [0, 0.1) is 5.82 Å². The molecule has 0 saturated heterocycles. The highest BCUT2D eigenvalue weighted by Gasteiger charge is 2.05. The van der Waals surface area contributed by atoms with E-state index in [1.807, 2.05) is 0 Å². The fraction of sp³-hybridized carbons (Fsp3) is 0.250. The first-order chi connectivity index (χ1) is 5.24. The van der Waals surface area contributed by atoms with E-state index in [4.69, 9.17) is 5.73 Å². The number of benzene rings is 1. The van der Waals surface area contributed by atoms with Crippen LogP contribution < -0.4 is 5.73 Å². The van der Waals surface area contributed by atoms with Crippen molar-refractivity contribution in [2.24, 2.45) is 5.73 Å². The van der Waals surface area contributed by atoms with E-state index >= 15 is 0 Å². The maximum Gasteiger partial charge on any atom is 0.137 e. The maximum atomic E-state index is 12.7. The van der Waals surface area contributed by atoms with Crippen LogP contribution in [0.3, 0.4) is 0 Å². The minimum absolute atomic E-state index is 0.0639. The molecule has 0 fully saturated rings. The molecule has 1 aromatic rings. The Labute approximate surface area is 63.8 Å². The summed E-state index contributed by atoms with van der Waals surface area (Å²) in [6.45, 7) is -0.0639. The molecule has 0 radical (unpaired) electrons. The molecule has 11 heavy (non-hydrogen) atoms. The van der Waals surface area contributed by atoms with E-state index in [9.17, 15) is 8.78 Å². The molecular formula is C8H9F2N. The molecule has 0 heterocycles. The molecule has 0 unspecified atom stereocenters. The summed E-state index contributed by atoms with van der Waals surface area (Å²) in [5.41, 5.74) is 5.50. The lowest BCUT2D eigenvalue weighted by Gasteiger charge is -2.03. The van der Waals surface area contributed by atoms with Crippen molar-refractivity contribution in [3.05, 3.63) is 35.6 Å². The average molecular weight is 157 g/mol. The topological polar surface area (TPSA) is 26.0 Å².